The van der Waals surface area contributed by atoms with Crippen molar-refractivity contribution in [1.29, 1.82) is 0 Å². The van der Waals surface area contributed by atoms with Crippen molar-refractivity contribution in [3.8, 4) is 0 Å². The highest BCUT2D eigenvalue weighted by Gasteiger charge is 2.42. The van der Waals surface area contributed by atoms with Gasteiger partial charge >= 0.3 is 0 Å². The van der Waals surface area contributed by atoms with Gasteiger partial charge < -0.3 is 5.11 Å². The van der Waals surface area contributed by atoms with E-state index in [2.05, 4.69) is 44.3 Å². The molecule has 1 N–H and O–H groups in total. The monoisotopic (exact) mass is 234 g/mol. The van der Waals surface area contributed by atoms with E-state index in [-0.39, 0.29) is 4.08 Å². The minimum Gasteiger partial charge on any atom is -0.396 e. The van der Waals surface area contributed by atoms with E-state index in [4.69, 9.17) is 0 Å². The zero-order valence-corrected chi connectivity index (χ0v) is 11.1. The Morgan fingerprint density at radius 3 is 2.21 bits per heavy atom. The molecule has 1 nitrogen and oxygen atoms in total. The summed E-state index contributed by atoms with van der Waals surface area (Å²) in [4.78, 5) is 0. The van der Waals surface area contributed by atoms with E-state index < -0.39 is 0 Å². The fraction of sp³-hybridized carbons (Fsp3) is 1.00. The van der Waals surface area contributed by atoms with Crippen LogP contribution in [0.2, 0.25) is 0 Å². The second-order valence-electron chi connectivity index (χ2n) is 4.21. The number of aliphatic hydroxyl groups is 1. The molecule has 14 heavy (non-hydrogen) atoms. The smallest absolute Gasteiger partial charge is 0.0683 e. The summed E-state index contributed by atoms with van der Waals surface area (Å²) in [6.07, 6.45) is 2.42. The third-order valence-electron chi connectivity index (χ3n) is 3.03. The first-order valence-electron chi connectivity index (χ1n) is 5.56. The van der Waals surface area contributed by atoms with E-state index in [1.807, 2.05) is 0 Å². The van der Waals surface area contributed by atoms with Gasteiger partial charge in [0.15, 0.2) is 0 Å². The lowest BCUT2D eigenvalue weighted by Crippen LogP contribution is -2.40. The second kappa shape index (κ2) is 5.66. The van der Waals surface area contributed by atoms with E-state index in [1.54, 1.807) is 0 Å². The molecule has 84 valence electrons. The van der Waals surface area contributed by atoms with Gasteiger partial charge in [0.05, 0.1) is 4.08 Å². The molecule has 3 heteroatoms. The van der Waals surface area contributed by atoms with Crippen LogP contribution >= 0.6 is 23.5 Å². The normalized spacial score (nSPS) is 23.8. The molecule has 0 bridgehead atoms. The molecule has 0 spiro atoms. The lowest BCUT2D eigenvalue weighted by molar-refractivity contribution is 0.197. The fourth-order valence-corrected chi connectivity index (χ4v) is 6.00. The predicted octanol–water partition coefficient (Wildman–Crippen LogP) is 3.23. The van der Waals surface area contributed by atoms with Crippen LogP contribution in [0.3, 0.4) is 0 Å². The first-order valence-corrected chi connectivity index (χ1v) is 7.53. The van der Waals surface area contributed by atoms with Crippen LogP contribution < -0.4 is 0 Å². The van der Waals surface area contributed by atoms with Crippen molar-refractivity contribution in [2.45, 2.75) is 37.7 Å². The summed E-state index contributed by atoms with van der Waals surface area (Å²) < 4.78 is 0.280. The Morgan fingerprint density at radius 2 is 1.86 bits per heavy atom. The van der Waals surface area contributed by atoms with Gasteiger partial charge in [-0.3, -0.25) is 0 Å². The van der Waals surface area contributed by atoms with E-state index in [0.717, 1.165) is 6.42 Å². The Morgan fingerprint density at radius 1 is 1.29 bits per heavy atom. The molecular weight excluding hydrogens is 212 g/mol. The van der Waals surface area contributed by atoms with Gasteiger partial charge in [0, 0.05) is 12.5 Å². The molecule has 0 aromatic carbocycles. The molecule has 0 aromatic heterocycles. The molecule has 0 radical (unpaired) electrons. The molecule has 1 saturated heterocycles. The quantitative estimate of drug-likeness (QED) is 0.806. The maximum atomic E-state index is 9.47. The zero-order valence-electron chi connectivity index (χ0n) is 9.45. The first-order chi connectivity index (χ1) is 6.67. The molecule has 0 aromatic rings. The number of rotatable bonds is 4. The van der Waals surface area contributed by atoms with Crippen LogP contribution in [0.4, 0.5) is 0 Å². The molecule has 1 aliphatic heterocycles. The van der Waals surface area contributed by atoms with Gasteiger partial charge in [-0.05, 0) is 30.3 Å². The van der Waals surface area contributed by atoms with Crippen molar-refractivity contribution in [2.24, 2.45) is 11.8 Å². The van der Waals surface area contributed by atoms with E-state index >= 15 is 0 Å². The average Bonchev–Trinajstić information content (AvgIpc) is 2.21. The van der Waals surface area contributed by atoms with Crippen LogP contribution in [0.15, 0.2) is 0 Å². The van der Waals surface area contributed by atoms with Gasteiger partial charge in [0.2, 0.25) is 0 Å². The third kappa shape index (κ3) is 2.42. The minimum atomic E-state index is 0.280. The lowest BCUT2D eigenvalue weighted by atomic mass is 9.94. The Bertz CT molecular complexity index is 161. The van der Waals surface area contributed by atoms with Gasteiger partial charge in [-0.25, -0.2) is 0 Å². The maximum Gasteiger partial charge on any atom is 0.0683 e. The standard InChI is InChI=1S/C11H22OS2/c1-4-10(8-12)11(9(2)3)13-6-5-7-14-11/h9-10,12H,4-8H2,1-3H3. The Kier molecular flexibility index (Phi) is 5.15. The van der Waals surface area contributed by atoms with E-state index in [0.29, 0.717) is 18.4 Å². The van der Waals surface area contributed by atoms with Gasteiger partial charge in [-0.2, -0.15) is 0 Å². The van der Waals surface area contributed by atoms with Crippen molar-refractivity contribution in [2.75, 3.05) is 18.1 Å². The van der Waals surface area contributed by atoms with Gasteiger partial charge in [0.1, 0.15) is 0 Å². The highest BCUT2D eigenvalue weighted by molar-refractivity contribution is 8.18. The predicted molar refractivity (Wildman–Crippen MR) is 68.0 cm³/mol. The zero-order chi connectivity index (χ0) is 10.6. The van der Waals surface area contributed by atoms with E-state index in [9.17, 15) is 5.11 Å². The highest BCUT2D eigenvalue weighted by atomic mass is 32.2. The molecule has 1 atom stereocenters. The molecule has 1 rings (SSSR count). The summed E-state index contributed by atoms with van der Waals surface area (Å²) in [5, 5.41) is 9.47. The first kappa shape index (κ1) is 12.7. The summed E-state index contributed by atoms with van der Waals surface area (Å²) in [6.45, 7) is 7.13. The number of hydrogen-bond donors (Lipinski definition) is 1. The van der Waals surface area contributed by atoms with Gasteiger partial charge in [-0.15, -0.1) is 23.5 Å². The molecule has 0 saturated carbocycles. The summed E-state index contributed by atoms with van der Waals surface area (Å²) in [6, 6.07) is 0. The number of hydrogen-bond acceptors (Lipinski definition) is 3. The number of aliphatic hydroxyl groups excluding tert-OH is 1. The lowest BCUT2D eigenvalue weighted by Gasteiger charge is -2.44. The van der Waals surface area contributed by atoms with Crippen LogP contribution in [0.25, 0.3) is 0 Å². The van der Waals surface area contributed by atoms with Crippen LogP contribution in [0.5, 0.6) is 0 Å². The molecule has 0 amide bonds. The maximum absolute atomic E-state index is 9.47. The summed E-state index contributed by atoms with van der Waals surface area (Å²) >= 11 is 4.16. The molecule has 1 aliphatic rings. The summed E-state index contributed by atoms with van der Waals surface area (Å²) in [7, 11) is 0. The van der Waals surface area contributed by atoms with Crippen molar-refractivity contribution >= 4 is 23.5 Å². The molecule has 1 fully saturated rings. The minimum absolute atomic E-state index is 0.280. The Labute approximate surface area is 96.4 Å². The molecule has 1 heterocycles. The van der Waals surface area contributed by atoms with Crippen LogP contribution in [-0.4, -0.2) is 27.3 Å². The fourth-order valence-electron chi connectivity index (χ4n) is 2.15. The third-order valence-corrected chi connectivity index (χ3v) is 7.24. The second-order valence-corrected chi connectivity index (χ2v) is 7.22. The van der Waals surface area contributed by atoms with Crippen molar-refractivity contribution < 1.29 is 5.11 Å². The topological polar surface area (TPSA) is 20.2 Å². The van der Waals surface area contributed by atoms with Crippen molar-refractivity contribution in [3.63, 3.8) is 0 Å². The Balaban J connectivity index is 2.78. The van der Waals surface area contributed by atoms with Crippen LogP contribution in [-0.2, 0) is 0 Å². The summed E-state index contributed by atoms with van der Waals surface area (Å²) in [5.41, 5.74) is 0. The molecule has 1 unspecified atom stereocenters. The van der Waals surface area contributed by atoms with Crippen LogP contribution in [0, 0.1) is 11.8 Å². The van der Waals surface area contributed by atoms with Crippen molar-refractivity contribution in [1.82, 2.24) is 0 Å². The Hall–Kier alpha value is 0.660. The SMILES string of the molecule is CCC(CO)C1(C(C)C)SCCCS1. The molecular formula is C11H22OS2. The highest BCUT2D eigenvalue weighted by Crippen LogP contribution is 2.53. The van der Waals surface area contributed by atoms with Gasteiger partial charge in [0.25, 0.3) is 0 Å². The number of thioether (sulfide) groups is 2. The van der Waals surface area contributed by atoms with Crippen LogP contribution in [0.1, 0.15) is 33.6 Å². The van der Waals surface area contributed by atoms with Gasteiger partial charge in [-0.1, -0.05) is 20.8 Å². The largest absolute Gasteiger partial charge is 0.396 e. The average molecular weight is 234 g/mol. The van der Waals surface area contributed by atoms with E-state index in [1.165, 1.54) is 17.9 Å². The van der Waals surface area contributed by atoms with Crippen molar-refractivity contribution in [3.05, 3.63) is 0 Å². The summed E-state index contributed by atoms with van der Waals surface area (Å²) in [5.74, 6) is 3.64. The molecule has 0 aliphatic carbocycles.